The summed E-state index contributed by atoms with van der Waals surface area (Å²) in [6, 6.07) is 1.17. The molecule has 0 aromatic carbocycles. The van der Waals surface area contributed by atoms with Gasteiger partial charge in [-0.15, -0.1) is 0 Å². The van der Waals surface area contributed by atoms with E-state index in [1.807, 2.05) is 0 Å². The Bertz CT molecular complexity index is 507. The van der Waals surface area contributed by atoms with Crippen LogP contribution in [0.4, 0.5) is 0 Å². The highest BCUT2D eigenvalue weighted by atomic mass is 16.2. The Kier molecular flexibility index (Phi) is 6.07. The summed E-state index contributed by atoms with van der Waals surface area (Å²) in [5.41, 5.74) is 0.358. The maximum absolute atomic E-state index is 12.9. The summed E-state index contributed by atoms with van der Waals surface area (Å²) in [5, 5.41) is 18.3. The van der Waals surface area contributed by atoms with E-state index in [0.717, 1.165) is 18.8 Å². The summed E-state index contributed by atoms with van der Waals surface area (Å²) in [5.74, 6) is 0.983. The molecule has 5 nitrogen and oxygen atoms in total. The van der Waals surface area contributed by atoms with Crippen LogP contribution in [0.3, 0.4) is 0 Å². The summed E-state index contributed by atoms with van der Waals surface area (Å²) in [6.45, 7) is 9.18. The third-order valence-corrected chi connectivity index (χ3v) is 7.19. The van der Waals surface area contributed by atoms with Crippen molar-refractivity contribution in [2.24, 2.45) is 23.2 Å². The maximum Gasteiger partial charge on any atom is 0.231 e. The van der Waals surface area contributed by atoms with Crippen molar-refractivity contribution in [2.45, 2.75) is 96.9 Å². The van der Waals surface area contributed by atoms with E-state index in [1.54, 1.807) is 0 Å². The van der Waals surface area contributed by atoms with Gasteiger partial charge < -0.3 is 10.7 Å². The average molecular weight is 363 g/mol. The van der Waals surface area contributed by atoms with Gasteiger partial charge in [-0.25, -0.2) is 0 Å². The molecule has 0 aromatic rings. The molecule has 3 fully saturated rings. The highest BCUT2D eigenvalue weighted by Crippen LogP contribution is 2.38. The minimum Gasteiger partial charge on any atom is -0.353 e. The predicted molar refractivity (Wildman–Crippen MR) is 106 cm³/mol. The van der Waals surface area contributed by atoms with Gasteiger partial charge in [-0.2, -0.15) is 0 Å². The fourth-order valence-electron chi connectivity index (χ4n) is 5.41. The molecule has 3 rings (SSSR count). The minimum absolute atomic E-state index is 0.00727. The van der Waals surface area contributed by atoms with Crippen molar-refractivity contribution in [3.05, 3.63) is 0 Å². The number of carbonyl (C=O) groups excluding carboxylic acids is 1. The molecule has 0 spiro atoms. The fraction of sp³-hybridized carbons (Fsp3) is 0.905. The normalized spacial score (nSPS) is 39.1. The van der Waals surface area contributed by atoms with Gasteiger partial charge in [0, 0.05) is 24.3 Å². The highest BCUT2D eigenvalue weighted by molar-refractivity contribution is 5.93. The van der Waals surface area contributed by atoms with Crippen LogP contribution in [0.5, 0.6) is 0 Å². The van der Waals surface area contributed by atoms with Crippen LogP contribution >= 0.6 is 0 Å². The van der Waals surface area contributed by atoms with Crippen LogP contribution in [0.1, 0.15) is 72.6 Å². The van der Waals surface area contributed by atoms with Crippen molar-refractivity contribution < 1.29 is 4.79 Å². The molecule has 0 bridgehead atoms. The topological polar surface area (TPSA) is 77.0 Å². The Morgan fingerprint density at radius 3 is 2.42 bits per heavy atom. The largest absolute Gasteiger partial charge is 0.353 e. The number of nitrogens with one attached hydrogen (secondary N) is 4. The molecule has 5 atom stereocenters. The van der Waals surface area contributed by atoms with E-state index in [4.69, 9.17) is 5.41 Å². The van der Waals surface area contributed by atoms with Gasteiger partial charge in [0.2, 0.25) is 5.91 Å². The molecule has 4 N–H and O–H groups in total. The van der Waals surface area contributed by atoms with Crippen molar-refractivity contribution in [3.63, 3.8) is 0 Å². The molecule has 1 heterocycles. The summed E-state index contributed by atoms with van der Waals surface area (Å²) >= 11 is 0. The number of rotatable bonds is 4. The van der Waals surface area contributed by atoms with Crippen LogP contribution in [0.15, 0.2) is 0 Å². The summed E-state index contributed by atoms with van der Waals surface area (Å²) in [6.07, 6.45) is 9.41. The van der Waals surface area contributed by atoms with Gasteiger partial charge in [0.25, 0.3) is 0 Å². The number of hydrogen-bond acceptors (Lipinski definition) is 4. The van der Waals surface area contributed by atoms with Crippen molar-refractivity contribution in [3.8, 4) is 0 Å². The predicted octanol–water partition coefficient (Wildman–Crippen LogP) is 3.05. The Hall–Kier alpha value is -0.940. The molecule has 2 saturated carbocycles. The summed E-state index contributed by atoms with van der Waals surface area (Å²) < 4.78 is 0. The first-order valence-electron chi connectivity index (χ1n) is 10.6. The van der Waals surface area contributed by atoms with Gasteiger partial charge in [0.15, 0.2) is 0 Å². The fourth-order valence-corrected chi connectivity index (χ4v) is 5.41. The molecule has 26 heavy (non-hydrogen) atoms. The summed E-state index contributed by atoms with van der Waals surface area (Å²) in [7, 11) is 0. The van der Waals surface area contributed by atoms with Crippen LogP contribution < -0.4 is 16.0 Å². The number of amides is 1. The van der Waals surface area contributed by atoms with Crippen molar-refractivity contribution in [1.82, 2.24) is 16.0 Å². The van der Waals surface area contributed by atoms with Crippen molar-refractivity contribution in [1.29, 1.82) is 5.41 Å². The lowest BCUT2D eigenvalue weighted by molar-refractivity contribution is -0.125. The van der Waals surface area contributed by atoms with E-state index in [1.165, 1.54) is 38.3 Å². The van der Waals surface area contributed by atoms with Crippen molar-refractivity contribution in [2.75, 3.05) is 0 Å². The second kappa shape index (κ2) is 7.97. The molecule has 5 unspecified atom stereocenters. The van der Waals surface area contributed by atoms with E-state index in [2.05, 4.69) is 43.6 Å². The van der Waals surface area contributed by atoms with E-state index in [9.17, 15) is 4.79 Å². The molecule has 1 aliphatic heterocycles. The average Bonchev–Trinajstić information content (AvgIpc) is 3.04. The van der Waals surface area contributed by atoms with Gasteiger partial charge in [-0.3, -0.25) is 15.4 Å². The molecule has 148 valence electrons. The molecule has 1 amide bonds. The smallest absolute Gasteiger partial charge is 0.231 e. The third kappa shape index (κ3) is 4.30. The molecule has 3 aliphatic rings. The number of fused-ring (bicyclic) bond motifs is 1. The van der Waals surface area contributed by atoms with Gasteiger partial charge in [0.1, 0.15) is 5.92 Å². The zero-order chi connectivity index (χ0) is 18.9. The first kappa shape index (κ1) is 19.8. The second-order valence-corrected chi connectivity index (χ2v) is 9.92. The third-order valence-electron chi connectivity index (χ3n) is 7.19. The van der Waals surface area contributed by atoms with Gasteiger partial charge in [-0.1, -0.05) is 27.2 Å². The molecule has 2 aliphatic carbocycles. The summed E-state index contributed by atoms with van der Waals surface area (Å²) in [4.78, 5) is 12.9. The van der Waals surface area contributed by atoms with E-state index in [0.29, 0.717) is 23.4 Å². The van der Waals surface area contributed by atoms with Gasteiger partial charge in [0.05, 0.1) is 6.17 Å². The molecule has 1 saturated heterocycles. The molecule has 0 radical (unpaired) electrons. The van der Waals surface area contributed by atoms with Crippen LogP contribution in [0.2, 0.25) is 0 Å². The van der Waals surface area contributed by atoms with Gasteiger partial charge >= 0.3 is 0 Å². The monoisotopic (exact) mass is 362 g/mol. The Labute approximate surface area is 159 Å². The first-order valence-corrected chi connectivity index (χ1v) is 10.6. The highest BCUT2D eigenvalue weighted by Gasteiger charge is 2.41. The van der Waals surface area contributed by atoms with Crippen molar-refractivity contribution >= 4 is 12.1 Å². The first-order chi connectivity index (χ1) is 12.3. The minimum atomic E-state index is -0.431. The van der Waals surface area contributed by atoms with Crippen LogP contribution in [-0.4, -0.2) is 36.4 Å². The molecular weight excluding hydrogens is 324 g/mol. The molecule has 0 aromatic heterocycles. The van der Waals surface area contributed by atoms with E-state index >= 15 is 0 Å². The maximum atomic E-state index is 12.9. The lowest BCUT2D eigenvalue weighted by Crippen LogP contribution is -2.65. The molecule has 5 heteroatoms. The van der Waals surface area contributed by atoms with E-state index in [-0.39, 0.29) is 18.1 Å². The Morgan fingerprint density at radius 1 is 1.12 bits per heavy atom. The quantitative estimate of drug-likeness (QED) is 0.581. The lowest BCUT2D eigenvalue weighted by atomic mass is 9.71. The van der Waals surface area contributed by atoms with Crippen LogP contribution in [0.25, 0.3) is 0 Å². The lowest BCUT2D eigenvalue weighted by Gasteiger charge is -2.42. The number of carbonyl (C=O) groups is 1. The van der Waals surface area contributed by atoms with Gasteiger partial charge in [-0.05, 0) is 62.7 Å². The van der Waals surface area contributed by atoms with E-state index < -0.39 is 5.92 Å². The number of hydrogen-bond donors (Lipinski definition) is 4. The zero-order valence-electron chi connectivity index (χ0n) is 17.0. The SMILES string of the molecule is CC1NC(C(C=N)C(=O)NC2CCC(C(C)(C)C)CC2)NC2CCCC12. The van der Waals surface area contributed by atoms with Crippen LogP contribution in [-0.2, 0) is 4.79 Å². The Morgan fingerprint density at radius 2 is 1.81 bits per heavy atom. The second-order valence-electron chi connectivity index (χ2n) is 9.92. The Balaban J connectivity index is 1.54. The standard InChI is InChI=1S/C21H38N4O/c1-13-16-6-5-7-18(16)25-19(23-13)17(12-22)20(26)24-15-10-8-14(9-11-15)21(2,3)4/h12-19,22-23,25H,5-11H2,1-4H3,(H,24,26). The zero-order valence-corrected chi connectivity index (χ0v) is 17.0. The molecular formula is C21H38N4O. The van der Waals surface area contributed by atoms with Crippen LogP contribution in [0, 0.1) is 28.6 Å².